The third-order valence-electron chi connectivity index (χ3n) is 3.82. The van der Waals surface area contributed by atoms with Crippen LogP contribution in [0.4, 0.5) is 11.4 Å². The second kappa shape index (κ2) is 8.00. The quantitative estimate of drug-likeness (QED) is 0.531. The summed E-state index contributed by atoms with van der Waals surface area (Å²) in [6, 6.07) is 18.2. The van der Waals surface area contributed by atoms with Gasteiger partial charge in [0.1, 0.15) is 6.01 Å². The number of hydrogen-bond donors (Lipinski definition) is 0. The number of carbonyl (C=O) groups is 1. The molecule has 3 nitrogen and oxygen atoms in total. The van der Waals surface area contributed by atoms with E-state index in [4.69, 9.17) is 0 Å². The number of nitrogens with zero attached hydrogens (tertiary/aromatic N) is 2. The maximum absolute atomic E-state index is 12.1. The van der Waals surface area contributed by atoms with E-state index in [9.17, 15) is 4.79 Å². The van der Waals surface area contributed by atoms with Crippen molar-refractivity contribution in [2.24, 2.45) is 15.9 Å². The lowest BCUT2D eigenvalue weighted by Crippen LogP contribution is -2.03. The highest BCUT2D eigenvalue weighted by Gasteiger charge is 2.10. The first kappa shape index (κ1) is 16.6. The van der Waals surface area contributed by atoms with E-state index in [-0.39, 0.29) is 11.7 Å². The average molecular weight is 326 g/mol. The lowest BCUT2D eigenvalue weighted by atomic mass is 10.0. The predicted molar refractivity (Wildman–Crippen MR) is 103 cm³/mol. The summed E-state index contributed by atoms with van der Waals surface area (Å²) in [5.41, 5.74) is 3.56. The van der Waals surface area contributed by atoms with Gasteiger partial charge in [0.25, 0.3) is 0 Å². The van der Waals surface area contributed by atoms with Crippen LogP contribution in [0.25, 0.3) is 6.08 Å². The van der Waals surface area contributed by atoms with Crippen molar-refractivity contribution < 1.29 is 4.79 Å². The summed E-state index contributed by atoms with van der Waals surface area (Å²) in [6.07, 6.45) is 10.9. The van der Waals surface area contributed by atoms with Crippen LogP contribution in [0.15, 0.2) is 88.9 Å². The van der Waals surface area contributed by atoms with E-state index >= 15 is 0 Å². The van der Waals surface area contributed by atoms with Crippen LogP contribution in [-0.4, -0.2) is 11.8 Å². The van der Waals surface area contributed by atoms with E-state index in [1.165, 1.54) is 5.56 Å². The van der Waals surface area contributed by atoms with E-state index in [1.54, 1.807) is 12.2 Å². The fraction of sp³-hybridized carbons (Fsp3) is 0.0909. The van der Waals surface area contributed by atoms with Crippen LogP contribution < -0.4 is 0 Å². The number of aryl methyl sites for hydroxylation is 1. The summed E-state index contributed by atoms with van der Waals surface area (Å²) in [7, 11) is 0. The van der Waals surface area contributed by atoms with E-state index < -0.39 is 0 Å². The number of para-hydroxylation sites is 1. The molecule has 1 aliphatic rings. The van der Waals surface area contributed by atoms with Crippen LogP contribution in [0.3, 0.4) is 0 Å². The molecule has 0 radical (unpaired) electrons. The maximum Gasteiger partial charge on any atom is 0.166 e. The molecule has 0 fully saturated rings. The van der Waals surface area contributed by atoms with Gasteiger partial charge in [-0.1, -0.05) is 60.2 Å². The zero-order chi connectivity index (χ0) is 17.5. The first-order chi connectivity index (χ1) is 12.2. The highest BCUT2D eigenvalue weighted by atomic mass is 16.1. The number of benzene rings is 2. The lowest BCUT2D eigenvalue weighted by molar-refractivity contribution is -0.115. The molecular weight excluding hydrogens is 308 g/mol. The number of allylic oxidation sites excluding steroid dienone is 5. The molecule has 0 bridgehead atoms. The van der Waals surface area contributed by atoms with Gasteiger partial charge in [0, 0.05) is 5.56 Å². The molecule has 0 N–H and O–H groups in total. The molecule has 0 saturated heterocycles. The smallest absolute Gasteiger partial charge is 0.166 e. The SMILES string of the molecule is Cc1ccc(N=C=Nc2ccccc2/C=C/C(=O)C2C=CC=C2)cc1. The Labute approximate surface area is 147 Å². The zero-order valence-electron chi connectivity index (χ0n) is 14.0. The number of carbonyl (C=O) groups excluding carboxylic acids is 1. The zero-order valence-corrected chi connectivity index (χ0v) is 14.0. The van der Waals surface area contributed by atoms with Crippen LogP contribution in [-0.2, 0) is 4.79 Å². The summed E-state index contributed by atoms with van der Waals surface area (Å²) in [6.45, 7) is 2.03. The lowest BCUT2D eigenvalue weighted by Gasteiger charge is -2.00. The van der Waals surface area contributed by atoms with E-state index in [2.05, 4.69) is 16.0 Å². The van der Waals surface area contributed by atoms with Crippen molar-refractivity contribution in [3.8, 4) is 0 Å². The van der Waals surface area contributed by atoms with Crippen LogP contribution in [0.2, 0.25) is 0 Å². The normalized spacial score (nSPS) is 13.2. The van der Waals surface area contributed by atoms with Gasteiger partial charge in [-0.15, -0.1) is 0 Å². The van der Waals surface area contributed by atoms with Crippen LogP contribution >= 0.6 is 0 Å². The van der Waals surface area contributed by atoms with Gasteiger partial charge in [0.05, 0.1) is 17.3 Å². The monoisotopic (exact) mass is 326 g/mol. The summed E-state index contributed by atoms with van der Waals surface area (Å²) in [4.78, 5) is 20.6. The topological polar surface area (TPSA) is 41.8 Å². The highest BCUT2D eigenvalue weighted by molar-refractivity contribution is 5.98. The summed E-state index contributed by atoms with van der Waals surface area (Å²) < 4.78 is 0. The second-order valence-corrected chi connectivity index (χ2v) is 5.75. The third kappa shape index (κ3) is 4.60. The molecule has 0 aliphatic heterocycles. The Hall–Kier alpha value is -3.29. The number of ketones is 1. The van der Waals surface area contributed by atoms with Gasteiger partial charge in [-0.2, -0.15) is 9.98 Å². The van der Waals surface area contributed by atoms with Crippen molar-refractivity contribution >= 4 is 29.2 Å². The van der Waals surface area contributed by atoms with Crippen molar-refractivity contribution in [1.29, 1.82) is 0 Å². The Balaban J connectivity index is 1.77. The van der Waals surface area contributed by atoms with E-state index in [1.807, 2.05) is 79.8 Å². The predicted octanol–water partition coefficient (Wildman–Crippen LogP) is 5.46. The Morgan fingerprint density at radius 1 is 1.00 bits per heavy atom. The molecule has 0 atom stereocenters. The van der Waals surface area contributed by atoms with Crippen LogP contribution in [0.1, 0.15) is 11.1 Å². The van der Waals surface area contributed by atoms with Gasteiger partial charge in [-0.05, 0) is 37.3 Å². The molecule has 2 aromatic carbocycles. The molecule has 1 aliphatic carbocycles. The number of rotatable bonds is 5. The molecule has 122 valence electrons. The van der Waals surface area contributed by atoms with Gasteiger partial charge < -0.3 is 0 Å². The summed E-state index contributed by atoms with van der Waals surface area (Å²) >= 11 is 0. The van der Waals surface area contributed by atoms with Gasteiger partial charge in [-0.25, -0.2) is 0 Å². The summed E-state index contributed by atoms with van der Waals surface area (Å²) in [5.74, 6) is -0.105. The Morgan fingerprint density at radius 2 is 1.72 bits per heavy atom. The fourth-order valence-corrected chi connectivity index (χ4v) is 2.39. The Bertz CT molecular complexity index is 899. The molecule has 3 heteroatoms. The number of hydrogen-bond acceptors (Lipinski definition) is 3. The van der Waals surface area contributed by atoms with Gasteiger partial charge in [0.2, 0.25) is 0 Å². The molecule has 25 heavy (non-hydrogen) atoms. The highest BCUT2D eigenvalue weighted by Crippen LogP contribution is 2.21. The van der Waals surface area contributed by atoms with Gasteiger partial charge in [0.15, 0.2) is 5.78 Å². The van der Waals surface area contributed by atoms with Crippen molar-refractivity contribution in [1.82, 2.24) is 0 Å². The average Bonchev–Trinajstić information content (AvgIpc) is 3.17. The minimum absolute atomic E-state index is 0.0529. The maximum atomic E-state index is 12.1. The molecule has 0 heterocycles. The molecule has 2 aromatic rings. The van der Waals surface area contributed by atoms with E-state index in [0.29, 0.717) is 0 Å². The van der Waals surface area contributed by atoms with Crippen molar-refractivity contribution in [2.75, 3.05) is 0 Å². The van der Waals surface area contributed by atoms with E-state index in [0.717, 1.165) is 16.9 Å². The van der Waals surface area contributed by atoms with Crippen molar-refractivity contribution in [2.45, 2.75) is 6.92 Å². The van der Waals surface area contributed by atoms with Crippen LogP contribution in [0, 0.1) is 12.8 Å². The summed E-state index contributed by atoms with van der Waals surface area (Å²) in [5, 5.41) is 0. The van der Waals surface area contributed by atoms with Crippen molar-refractivity contribution in [3.05, 3.63) is 90.0 Å². The Morgan fingerprint density at radius 3 is 2.48 bits per heavy atom. The van der Waals surface area contributed by atoms with Crippen molar-refractivity contribution in [3.63, 3.8) is 0 Å². The largest absolute Gasteiger partial charge is 0.294 e. The number of aliphatic imine (C=N–C) groups is 2. The minimum Gasteiger partial charge on any atom is -0.294 e. The molecule has 3 rings (SSSR count). The standard InChI is InChI=1S/C22H18N2O/c1-17-10-13-20(14-11-17)23-16-24-21-9-5-4-6-18(21)12-15-22(25)19-7-2-3-8-19/h2-15,19H,1H3/b15-12+. The fourth-order valence-electron chi connectivity index (χ4n) is 2.39. The third-order valence-corrected chi connectivity index (χ3v) is 3.82. The van der Waals surface area contributed by atoms with Crippen LogP contribution in [0.5, 0.6) is 0 Å². The molecule has 0 spiro atoms. The first-order valence-electron chi connectivity index (χ1n) is 8.11. The molecule has 0 aromatic heterocycles. The molecular formula is C22H18N2O. The second-order valence-electron chi connectivity index (χ2n) is 5.75. The van der Waals surface area contributed by atoms with Gasteiger partial charge >= 0.3 is 0 Å². The minimum atomic E-state index is -0.157. The molecule has 0 saturated carbocycles. The first-order valence-corrected chi connectivity index (χ1v) is 8.11. The molecule has 0 amide bonds. The van der Waals surface area contributed by atoms with Gasteiger partial charge in [-0.3, -0.25) is 4.79 Å². The Kier molecular flexibility index (Phi) is 5.30. The molecule has 0 unspecified atom stereocenters.